The summed E-state index contributed by atoms with van der Waals surface area (Å²) >= 11 is 0.881. The molecular formula is C14H13N3O6S2. The summed E-state index contributed by atoms with van der Waals surface area (Å²) in [5, 5.41) is 0.0381. The lowest BCUT2D eigenvalue weighted by atomic mass is 10.3. The van der Waals surface area contributed by atoms with E-state index in [2.05, 4.69) is 14.7 Å². The number of nitrogens with zero attached hydrogens (tertiary/aromatic N) is 1. The molecule has 0 atom stereocenters. The van der Waals surface area contributed by atoms with Crippen molar-refractivity contribution in [3.63, 3.8) is 0 Å². The molecule has 0 saturated carbocycles. The van der Waals surface area contributed by atoms with Gasteiger partial charge in [0.05, 0.1) is 22.7 Å². The zero-order valence-corrected chi connectivity index (χ0v) is 14.8. The Morgan fingerprint density at radius 2 is 2.20 bits per heavy atom. The number of sulfonamides is 1. The number of esters is 1. The highest BCUT2D eigenvalue weighted by Gasteiger charge is 2.21. The van der Waals surface area contributed by atoms with Gasteiger partial charge in [-0.25, -0.2) is 23.0 Å². The van der Waals surface area contributed by atoms with Gasteiger partial charge in [0.1, 0.15) is 4.88 Å². The van der Waals surface area contributed by atoms with Gasteiger partial charge in [0.2, 0.25) is 0 Å². The molecule has 11 heteroatoms. The quantitative estimate of drug-likeness (QED) is 0.643. The number of nitrogens with one attached hydrogen (secondary N) is 2. The Bertz CT molecular complexity index is 1110. The van der Waals surface area contributed by atoms with Crippen LogP contribution in [0.5, 0.6) is 0 Å². The maximum absolute atomic E-state index is 12.5. The summed E-state index contributed by atoms with van der Waals surface area (Å²) in [6, 6.07) is 3.97. The van der Waals surface area contributed by atoms with Crippen molar-refractivity contribution in [3.05, 3.63) is 39.3 Å². The van der Waals surface area contributed by atoms with Crippen LogP contribution in [0.4, 0.5) is 5.13 Å². The van der Waals surface area contributed by atoms with Crippen LogP contribution in [0.1, 0.15) is 22.3 Å². The zero-order chi connectivity index (χ0) is 18.2. The topological polar surface area (TPSA) is 131 Å². The number of hydrogen-bond donors (Lipinski definition) is 2. The smallest absolute Gasteiger partial charge is 0.417 e. The second-order valence-corrected chi connectivity index (χ2v) is 7.61. The Hall–Kier alpha value is -2.66. The number of carbonyl (C=O) groups excluding carboxylic acids is 1. The molecule has 0 aliphatic carbocycles. The van der Waals surface area contributed by atoms with Gasteiger partial charge in [-0.3, -0.25) is 9.71 Å². The van der Waals surface area contributed by atoms with Crippen LogP contribution in [-0.4, -0.2) is 31.0 Å². The van der Waals surface area contributed by atoms with Crippen LogP contribution in [-0.2, 0) is 14.8 Å². The van der Waals surface area contributed by atoms with Crippen molar-refractivity contribution in [1.82, 2.24) is 9.97 Å². The first kappa shape index (κ1) is 17.2. The lowest BCUT2D eigenvalue weighted by Gasteiger charge is -2.04. The van der Waals surface area contributed by atoms with E-state index >= 15 is 0 Å². The number of oxazole rings is 1. The van der Waals surface area contributed by atoms with Crippen molar-refractivity contribution in [2.45, 2.75) is 18.7 Å². The Morgan fingerprint density at radius 1 is 1.44 bits per heavy atom. The van der Waals surface area contributed by atoms with Gasteiger partial charge in [-0.2, -0.15) is 0 Å². The minimum atomic E-state index is -3.97. The largest absolute Gasteiger partial charge is 0.462 e. The van der Waals surface area contributed by atoms with Crippen LogP contribution in [0.25, 0.3) is 11.1 Å². The van der Waals surface area contributed by atoms with Crippen molar-refractivity contribution in [3.8, 4) is 0 Å². The van der Waals surface area contributed by atoms with Gasteiger partial charge in [0.25, 0.3) is 10.0 Å². The average molecular weight is 383 g/mol. The van der Waals surface area contributed by atoms with Gasteiger partial charge in [-0.05, 0) is 26.0 Å². The second kappa shape index (κ2) is 6.33. The average Bonchev–Trinajstić information content (AvgIpc) is 3.07. The molecule has 9 nitrogen and oxygen atoms in total. The minimum Gasteiger partial charge on any atom is -0.462 e. The predicted octanol–water partition coefficient (Wildman–Crippen LogP) is 1.86. The number of fused-ring (bicyclic) bond motifs is 1. The van der Waals surface area contributed by atoms with Crippen LogP contribution >= 0.6 is 11.3 Å². The molecule has 0 unspecified atom stereocenters. The molecule has 132 valence electrons. The molecule has 0 saturated heterocycles. The van der Waals surface area contributed by atoms with E-state index in [-0.39, 0.29) is 27.1 Å². The van der Waals surface area contributed by atoms with E-state index in [0.29, 0.717) is 11.2 Å². The third kappa shape index (κ3) is 3.42. The first-order valence-corrected chi connectivity index (χ1v) is 9.40. The fourth-order valence-electron chi connectivity index (χ4n) is 2.09. The summed E-state index contributed by atoms with van der Waals surface area (Å²) in [5.41, 5.74) is 0.877. The van der Waals surface area contributed by atoms with Crippen molar-refractivity contribution < 1.29 is 22.4 Å². The van der Waals surface area contributed by atoms with Crippen LogP contribution in [0, 0.1) is 6.92 Å². The summed E-state index contributed by atoms with van der Waals surface area (Å²) in [7, 11) is -3.97. The van der Waals surface area contributed by atoms with E-state index in [4.69, 9.17) is 9.15 Å². The lowest BCUT2D eigenvalue weighted by Crippen LogP contribution is -2.12. The number of benzene rings is 1. The number of hydrogen-bond acceptors (Lipinski definition) is 8. The maximum atomic E-state index is 12.5. The molecule has 3 rings (SSSR count). The second-order valence-electron chi connectivity index (χ2n) is 4.93. The summed E-state index contributed by atoms with van der Waals surface area (Å²) < 4.78 is 37.0. The van der Waals surface area contributed by atoms with E-state index in [1.54, 1.807) is 13.8 Å². The van der Waals surface area contributed by atoms with Gasteiger partial charge in [0.15, 0.2) is 10.7 Å². The summed E-state index contributed by atoms with van der Waals surface area (Å²) in [6.07, 6.45) is 0. The predicted molar refractivity (Wildman–Crippen MR) is 90.5 cm³/mol. The molecule has 2 aromatic heterocycles. The van der Waals surface area contributed by atoms with Crippen LogP contribution in [0.15, 0.2) is 32.3 Å². The van der Waals surface area contributed by atoms with Gasteiger partial charge in [0, 0.05) is 6.07 Å². The molecular weight excluding hydrogens is 370 g/mol. The van der Waals surface area contributed by atoms with Crippen LogP contribution < -0.4 is 10.5 Å². The number of anilines is 1. The van der Waals surface area contributed by atoms with Crippen molar-refractivity contribution in [2.24, 2.45) is 0 Å². The molecule has 0 aliphatic heterocycles. The van der Waals surface area contributed by atoms with Crippen LogP contribution in [0.3, 0.4) is 0 Å². The lowest BCUT2D eigenvalue weighted by molar-refractivity contribution is 0.0531. The van der Waals surface area contributed by atoms with Crippen molar-refractivity contribution >= 4 is 43.6 Å². The van der Waals surface area contributed by atoms with Gasteiger partial charge < -0.3 is 9.15 Å². The molecule has 0 fully saturated rings. The monoisotopic (exact) mass is 383 g/mol. The standard InChI is InChI=1S/C14H13N3O6S2/c1-3-22-12(18)11-7(2)15-13(24-11)17-25(20,21)8-4-5-9-10(6-8)23-14(19)16-9/h4-6H,3H2,1-2H3,(H,15,17)(H,16,19). The Balaban J connectivity index is 1.91. The molecule has 2 N–H and O–H groups in total. The van der Waals surface area contributed by atoms with E-state index in [1.807, 2.05) is 0 Å². The highest BCUT2D eigenvalue weighted by molar-refractivity contribution is 7.93. The molecule has 1 aromatic carbocycles. The minimum absolute atomic E-state index is 0.0381. The van der Waals surface area contributed by atoms with Crippen molar-refractivity contribution in [1.29, 1.82) is 0 Å². The van der Waals surface area contributed by atoms with E-state index in [1.165, 1.54) is 18.2 Å². The summed E-state index contributed by atoms with van der Waals surface area (Å²) in [4.78, 5) is 29.5. The summed E-state index contributed by atoms with van der Waals surface area (Å²) in [5.74, 6) is -1.23. The van der Waals surface area contributed by atoms with Gasteiger partial charge >= 0.3 is 11.7 Å². The molecule has 0 radical (unpaired) electrons. The Morgan fingerprint density at radius 3 is 2.92 bits per heavy atom. The van der Waals surface area contributed by atoms with E-state index < -0.39 is 21.7 Å². The van der Waals surface area contributed by atoms with Gasteiger partial charge in [-0.15, -0.1) is 0 Å². The van der Waals surface area contributed by atoms with Crippen molar-refractivity contribution in [2.75, 3.05) is 11.3 Å². The number of aryl methyl sites for hydroxylation is 1. The number of carbonyl (C=O) groups is 1. The molecule has 0 bridgehead atoms. The first-order chi connectivity index (χ1) is 11.8. The highest BCUT2D eigenvalue weighted by atomic mass is 32.2. The highest BCUT2D eigenvalue weighted by Crippen LogP contribution is 2.26. The molecule has 3 aromatic rings. The van der Waals surface area contributed by atoms with Crippen LogP contribution in [0.2, 0.25) is 0 Å². The number of aromatic nitrogens is 2. The Kier molecular flexibility index (Phi) is 4.35. The van der Waals surface area contributed by atoms with E-state index in [0.717, 1.165) is 11.3 Å². The number of thiazole rings is 1. The molecule has 0 amide bonds. The Labute approximate surface area is 145 Å². The molecule has 0 aliphatic rings. The molecule has 2 heterocycles. The zero-order valence-electron chi connectivity index (χ0n) is 13.2. The number of rotatable bonds is 5. The SMILES string of the molecule is CCOC(=O)c1sc(NS(=O)(=O)c2ccc3[nH]c(=O)oc3c2)nc1C. The van der Waals surface area contributed by atoms with Gasteiger partial charge in [-0.1, -0.05) is 11.3 Å². The number of ether oxygens (including phenoxy) is 1. The number of H-pyrrole nitrogens is 1. The normalized spacial score (nSPS) is 11.6. The first-order valence-electron chi connectivity index (χ1n) is 7.10. The molecule has 0 spiro atoms. The number of aromatic amines is 1. The third-order valence-corrected chi connectivity index (χ3v) is 5.70. The fraction of sp³-hybridized carbons (Fsp3) is 0.214. The van der Waals surface area contributed by atoms with E-state index in [9.17, 15) is 18.0 Å². The molecule has 25 heavy (non-hydrogen) atoms. The third-order valence-electron chi connectivity index (χ3n) is 3.18. The summed E-state index contributed by atoms with van der Waals surface area (Å²) in [6.45, 7) is 3.47. The fourth-order valence-corrected chi connectivity index (χ4v) is 4.20. The maximum Gasteiger partial charge on any atom is 0.417 e.